The van der Waals surface area contributed by atoms with Gasteiger partial charge in [-0.15, -0.1) is 0 Å². The van der Waals surface area contributed by atoms with Gasteiger partial charge < -0.3 is 0 Å². The Labute approximate surface area is 646 Å². The van der Waals surface area contributed by atoms with Gasteiger partial charge in [-0.2, -0.15) is 50.5 Å². The Hall–Kier alpha value is -0.540. The predicted octanol–water partition coefficient (Wildman–Crippen LogP) is 25.9. The Balaban J connectivity index is -0.000000278. The normalized spacial score (nSPS) is 11.9. The summed E-state index contributed by atoms with van der Waals surface area (Å²) in [6, 6.07) is 0. The molecule has 0 aliphatic heterocycles. The standard InChI is InChI=1S/C16H34O3S.C15H32O3S.C14H30O3S.C13H28O3S.C12H26O3S.C10H22O3S/c1-2-3-4-5-6-7-8-9-10-11-12-13-14-15-16-20(17,18)19;1-2-3-4-5-6-7-8-9-10-11-12-13-14-15-19(16,17)18;1-2-3-4-5-6-7-8-9-10-11-12-13-14-18(15,16)17;1-2-3-4-5-6-7-8-9-10-11-12-13-17(14,15)16;1-2-3-4-5-6-7-8-9-10-11-12-16(13,14)15;1-2-3-4-5-6-7-8-9-10-14(11,12)13/h2-16H2,1H3,(H,17,18,19);2-15H2,1H3,(H,16,17,18);2-14H2,1H3,(H,15,16,17);2-13H2,1H3,(H,14,15,16);2-12H2,1H3,(H,13,14,15);2-10H2,1H3,(H,11,12,13). The average Bonchev–Trinajstić information content (AvgIpc) is 1.24. The fourth-order valence-corrected chi connectivity index (χ4v) is 15.5. The molecule has 0 fully saturated rings. The first-order valence-electron chi connectivity index (χ1n) is 43.1. The van der Waals surface area contributed by atoms with Crippen molar-refractivity contribution in [1.29, 1.82) is 0 Å². The van der Waals surface area contributed by atoms with Crippen molar-refractivity contribution >= 4 is 60.7 Å². The van der Waals surface area contributed by atoms with E-state index in [-0.39, 0.29) is 34.5 Å². The van der Waals surface area contributed by atoms with Gasteiger partial charge in [-0.05, 0) is 38.5 Å². The summed E-state index contributed by atoms with van der Waals surface area (Å²) in [4.78, 5) is 0. The van der Waals surface area contributed by atoms with Crippen LogP contribution in [0.2, 0.25) is 0 Å². The zero-order valence-corrected chi connectivity index (χ0v) is 73.3. The van der Waals surface area contributed by atoms with Crippen LogP contribution in [0.3, 0.4) is 0 Å². The van der Waals surface area contributed by atoms with Crippen LogP contribution in [0.15, 0.2) is 0 Å². The lowest BCUT2D eigenvalue weighted by Crippen LogP contribution is -2.03. The van der Waals surface area contributed by atoms with Crippen LogP contribution in [0, 0.1) is 0 Å². The molecule has 0 aromatic rings. The van der Waals surface area contributed by atoms with E-state index in [9.17, 15) is 50.5 Å². The fraction of sp³-hybridized carbons (Fsp3) is 1.00. The van der Waals surface area contributed by atoms with Crippen molar-refractivity contribution in [3.63, 3.8) is 0 Å². The van der Waals surface area contributed by atoms with E-state index >= 15 is 0 Å². The molecular formula is C80H172O18S6. The van der Waals surface area contributed by atoms with Crippen LogP contribution in [0.25, 0.3) is 0 Å². The maximum absolute atomic E-state index is 10.5. The minimum absolute atomic E-state index is 0.0783. The van der Waals surface area contributed by atoms with E-state index in [0.717, 1.165) is 77.0 Å². The van der Waals surface area contributed by atoms with Crippen LogP contribution < -0.4 is 0 Å². The predicted molar refractivity (Wildman–Crippen MR) is 446 cm³/mol. The minimum atomic E-state index is -3.74. The molecule has 0 saturated heterocycles. The highest BCUT2D eigenvalue weighted by atomic mass is 32.2. The third-order valence-electron chi connectivity index (χ3n) is 18.5. The Bertz CT molecular complexity index is 2360. The molecule has 0 radical (unpaired) electrons. The smallest absolute Gasteiger partial charge is 0.264 e. The van der Waals surface area contributed by atoms with Gasteiger partial charge in [0.25, 0.3) is 60.7 Å². The number of rotatable bonds is 74. The largest absolute Gasteiger partial charge is 0.286 e. The number of hydrogen-bond donors (Lipinski definition) is 6. The molecule has 24 heteroatoms. The first kappa shape index (κ1) is 114. The highest BCUT2D eigenvalue weighted by molar-refractivity contribution is 7.86. The van der Waals surface area contributed by atoms with Gasteiger partial charge in [0, 0.05) is 0 Å². The van der Waals surface area contributed by atoms with Crippen molar-refractivity contribution in [1.82, 2.24) is 0 Å². The van der Waals surface area contributed by atoms with Gasteiger partial charge in [0.15, 0.2) is 0 Å². The molecule has 6 N–H and O–H groups in total. The summed E-state index contributed by atoms with van der Waals surface area (Å²) in [5.74, 6) is -0.476. The van der Waals surface area contributed by atoms with Crippen LogP contribution >= 0.6 is 0 Å². The van der Waals surface area contributed by atoms with Crippen LogP contribution in [-0.2, 0) is 60.7 Å². The summed E-state index contributed by atoms with van der Waals surface area (Å²) >= 11 is 0. The molecule has 0 amide bonds. The van der Waals surface area contributed by atoms with Gasteiger partial charge in [-0.25, -0.2) is 0 Å². The van der Waals surface area contributed by atoms with Crippen LogP contribution in [0.5, 0.6) is 0 Å². The molecule has 0 rings (SSSR count). The quantitative estimate of drug-likeness (QED) is 0.0243. The van der Waals surface area contributed by atoms with Crippen LogP contribution in [0.4, 0.5) is 0 Å². The second-order valence-corrected chi connectivity index (χ2v) is 39.1. The molecule has 0 heterocycles. The highest BCUT2D eigenvalue weighted by Gasteiger charge is 2.08. The SMILES string of the molecule is CCCCCCCCCCCCCCCCS(=O)(=O)O.CCCCCCCCCCCCCCCS(=O)(=O)O.CCCCCCCCCCCCCCS(=O)(=O)O.CCCCCCCCCCCCCS(=O)(=O)O.CCCCCCCCCCCCS(=O)(=O)O.CCCCCCCCCCS(=O)(=O)O. The molecule has 0 aliphatic rings. The average molecular weight is 1610 g/mol. The van der Waals surface area contributed by atoms with E-state index in [0.29, 0.717) is 38.5 Å². The second-order valence-electron chi connectivity index (χ2n) is 29.6. The summed E-state index contributed by atoms with van der Waals surface area (Å²) in [6.07, 6.45) is 81.4. The Morgan fingerprint density at radius 3 is 0.231 bits per heavy atom. The molecule has 0 unspecified atom stereocenters. The first-order valence-corrected chi connectivity index (χ1v) is 52.7. The summed E-state index contributed by atoms with van der Waals surface area (Å²) in [7, 11) is -22.4. The van der Waals surface area contributed by atoms with Crippen molar-refractivity contribution in [3.05, 3.63) is 0 Å². The maximum Gasteiger partial charge on any atom is 0.264 e. The van der Waals surface area contributed by atoms with Crippen LogP contribution in [0.1, 0.15) is 478 Å². The lowest BCUT2D eigenvalue weighted by Gasteiger charge is -2.03. The van der Waals surface area contributed by atoms with Gasteiger partial charge >= 0.3 is 0 Å². The minimum Gasteiger partial charge on any atom is -0.286 e. The maximum atomic E-state index is 10.5. The van der Waals surface area contributed by atoms with Gasteiger partial charge in [0.05, 0.1) is 34.5 Å². The summed E-state index contributed by atoms with van der Waals surface area (Å²) < 4.78 is 177. The fourth-order valence-electron chi connectivity index (χ4n) is 12.0. The molecule has 104 heavy (non-hydrogen) atoms. The van der Waals surface area contributed by atoms with E-state index in [1.54, 1.807) is 0 Å². The topological polar surface area (TPSA) is 326 Å². The third-order valence-corrected chi connectivity index (χ3v) is 23.4. The summed E-state index contributed by atoms with van der Waals surface area (Å²) in [6.45, 7) is 13.4. The highest BCUT2D eigenvalue weighted by Crippen LogP contribution is 2.18. The molecule has 0 aromatic heterocycles. The Morgan fingerprint density at radius 1 is 0.115 bits per heavy atom. The van der Waals surface area contributed by atoms with Crippen molar-refractivity contribution < 1.29 is 77.8 Å². The van der Waals surface area contributed by atoms with Crippen molar-refractivity contribution in [2.45, 2.75) is 478 Å². The zero-order chi connectivity index (χ0) is 79.3. The zero-order valence-electron chi connectivity index (χ0n) is 68.4. The molecule has 0 spiro atoms. The molecule has 0 atom stereocenters. The van der Waals surface area contributed by atoms with Crippen molar-refractivity contribution in [3.8, 4) is 0 Å². The van der Waals surface area contributed by atoms with Crippen LogP contribution in [-0.4, -0.2) is 112 Å². The first-order chi connectivity index (χ1) is 49.4. The molecule has 18 nitrogen and oxygen atoms in total. The number of hydrogen-bond acceptors (Lipinski definition) is 12. The Morgan fingerprint density at radius 2 is 0.173 bits per heavy atom. The molecule has 636 valence electrons. The lowest BCUT2D eigenvalue weighted by molar-refractivity contribution is 0.476. The van der Waals surface area contributed by atoms with E-state index < -0.39 is 60.7 Å². The Kier molecular flexibility index (Phi) is 96.8. The van der Waals surface area contributed by atoms with Gasteiger partial charge in [0.1, 0.15) is 0 Å². The van der Waals surface area contributed by atoms with Crippen molar-refractivity contribution in [2.24, 2.45) is 0 Å². The summed E-state index contributed by atoms with van der Waals surface area (Å²) in [5.41, 5.74) is 0. The van der Waals surface area contributed by atoms with E-state index in [1.807, 2.05) is 0 Å². The monoisotopic (exact) mass is 1610 g/mol. The van der Waals surface area contributed by atoms with Crippen molar-refractivity contribution in [2.75, 3.05) is 34.5 Å². The van der Waals surface area contributed by atoms with Gasteiger partial charge in [-0.3, -0.25) is 27.3 Å². The molecule has 0 aromatic carbocycles. The molecular weight excluding hydrogens is 1440 g/mol. The van der Waals surface area contributed by atoms with E-state index in [4.69, 9.17) is 27.3 Å². The third kappa shape index (κ3) is 140. The second kappa shape index (κ2) is 88.0. The molecule has 0 bridgehead atoms. The lowest BCUT2D eigenvalue weighted by atomic mass is 10.0. The molecule has 0 aliphatic carbocycles. The van der Waals surface area contributed by atoms with Gasteiger partial charge in [0.2, 0.25) is 0 Å². The summed E-state index contributed by atoms with van der Waals surface area (Å²) in [5, 5.41) is 0. The molecule has 0 saturated carbocycles. The number of unbranched alkanes of at least 4 members (excludes halogenated alkanes) is 62. The van der Waals surface area contributed by atoms with E-state index in [1.165, 1.54) is 321 Å². The van der Waals surface area contributed by atoms with Gasteiger partial charge in [-0.1, -0.05) is 440 Å². The van der Waals surface area contributed by atoms with E-state index in [2.05, 4.69) is 41.5 Å².